The van der Waals surface area contributed by atoms with Gasteiger partial charge in [-0.05, 0) is 23.1 Å². The summed E-state index contributed by atoms with van der Waals surface area (Å²) in [6.45, 7) is 6.31. The molecule has 2 N–H and O–H groups in total. The Morgan fingerprint density at radius 3 is 2.11 bits per heavy atom. The SMILES string of the molecule is CC(C)(C)c1ccc(-c2cc(N)n(S(=O)(=O)c3ccc([N+](=O)[O-])cc3)n2)cc1. The summed E-state index contributed by atoms with van der Waals surface area (Å²) in [5.74, 6) is -0.0479. The zero-order valence-corrected chi connectivity index (χ0v) is 16.5. The molecule has 1 heterocycles. The number of benzene rings is 2. The second kappa shape index (κ2) is 6.75. The van der Waals surface area contributed by atoms with Crippen LogP contribution in [0.1, 0.15) is 26.3 Å². The van der Waals surface area contributed by atoms with Crippen LogP contribution in [0.3, 0.4) is 0 Å². The first-order valence-corrected chi connectivity index (χ1v) is 9.90. The molecule has 0 atom stereocenters. The Balaban J connectivity index is 1.98. The van der Waals surface area contributed by atoms with Gasteiger partial charge in [-0.25, -0.2) is 0 Å². The van der Waals surface area contributed by atoms with Gasteiger partial charge in [-0.2, -0.15) is 13.5 Å². The third-order valence-corrected chi connectivity index (χ3v) is 5.94. The van der Waals surface area contributed by atoms with Crippen molar-refractivity contribution in [2.75, 3.05) is 5.73 Å². The van der Waals surface area contributed by atoms with E-state index in [1.165, 1.54) is 6.07 Å². The number of hydrogen-bond acceptors (Lipinski definition) is 6. The molecule has 0 bridgehead atoms. The van der Waals surface area contributed by atoms with Gasteiger partial charge in [0.2, 0.25) is 0 Å². The molecule has 28 heavy (non-hydrogen) atoms. The van der Waals surface area contributed by atoms with E-state index in [4.69, 9.17) is 5.73 Å². The quantitative estimate of drug-likeness (QED) is 0.528. The minimum atomic E-state index is -4.07. The van der Waals surface area contributed by atoms with Gasteiger partial charge in [-0.3, -0.25) is 10.1 Å². The summed E-state index contributed by atoms with van der Waals surface area (Å²) in [7, 11) is -4.07. The zero-order valence-electron chi connectivity index (χ0n) is 15.7. The number of non-ortho nitro benzene ring substituents is 1. The molecule has 9 heteroatoms. The standard InChI is InChI=1S/C19H20N4O4S/c1-19(2,3)14-6-4-13(5-7-14)17-12-18(20)22(21-17)28(26,27)16-10-8-15(9-11-16)23(24)25/h4-12H,20H2,1-3H3. The van der Waals surface area contributed by atoms with Crippen molar-refractivity contribution in [3.63, 3.8) is 0 Å². The Hall–Kier alpha value is -3.20. The lowest BCUT2D eigenvalue weighted by Crippen LogP contribution is -2.16. The van der Waals surface area contributed by atoms with E-state index < -0.39 is 14.9 Å². The van der Waals surface area contributed by atoms with Crippen LogP contribution in [0.4, 0.5) is 11.5 Å². The van der Waals surface area contributed by atoms with Crippen molar-refractivity contribution < 1.29 is 13.3 Å². The normalized spacial score (nSPS) is 12.1. The molecule has 0 unspecified atom stereocenters. The zero-order chi connectivity index (χ0) is 20.7. The molecule has 0 saturated carbocycles. The monoisotopic (exact) mass is 400 g/mol. The lowest BCUT2D eigenvalue weighted by atomic mass is 9.86. The largest absolute Gasteiger partial charge is 0.383 e. The molecule has 0 saturated heterocycles. The van der Waals surface area contributed by atoms with Crippen LogP contribution in [0.15, 0.2) is 59.5 Å². The summed E-state index contributed by atoms with van der Waals surface area (Å²) in [5.41, 5.74) is 7.98. The molecule has 2 aromatic carbocycles. The van der Waals surface area contributed by atoms with Crippen molar-refractivity contribution in [3.8, 4) is 11.3 Å². The fourth-order valence-corrected chi connectivity index (χ4v) is 3.90. The molecule has 0 aliphatic rings. The van der Waals surface area contributed by atoms with Crippen molar-refractivity contribution in [1.29, 1.82) is 0 Å². The van der Waals surface area contributed by atoms with E-state index in [0.29, 0.717) is 5.69 Å². The van der Waals surface area contributed by atoms with Crippen LogP contribution in [0.25, 0.3) is 11.3 Å². The van der Waals surface area contributed by atoms with Crippen molar-refractivity contribution in [2.24, 2.45) is 0 Å². The van der Waals surface area contributed by atoms with Gasteiger partial charge >= 0.3 is 0 Å². The first-order chi connectivity index (χ1) is 13.0. The summed E-state index contributed by atoms with van der Waals surface area (Å²) in [5, 5.41) is 14.9. The van der Waals surface area contributed by atoms with Gasteiger partial charge in [0.05, 0.1) is 15.5 Å². The molecule has 0 aliphatic carbocycles. The third-order valence-electron chi connectivity index (χ3n) is 4.32. The number of nitrogens with two attached hydrogens (primary N) is 1. The van der Waals surface area contributed by atoms with E-state index in [1.807, 2.05) is 24.3 Å². The van der Waals surface area contributed by atoms with Gasteiger partial charge < -0.3 is 5.73 Å². The highest BCUT2D eigenvalue weighted by atomic mass is 32.2. The van der Waals surface area contributed by atoms with Crippen molar-refractivity contribution in [1.82, 2.24) is 9.19 Å². The van der Waals surface area contributed by atoms with Gasteiger partial charge in [0, 0.05) is 23.8 Å². The summed E-state index contributed by atoms with van der Waals surface area (Å²) >= 11 is 0. The highest BCUT2D eigenvalue weighted by Crippen LogP contribution is 2.28. The number of hydrogen-bond donors (Lipinski definition) is 1. The lowest BCUT2D eigenvalue weighted by Gasteiger charge is -2.18. The van der Waals surface area contributed by atoms with Crippen LogP contribution in [0, 0.1) is 10.1 Å². The van der Waals surface area contributed by atoms with Gasteiger partial charge in [-0.15, -0.1) is 4.09 Å². The molecule has 0 radical (unpaired) electrons. The Labute approximate surface area is 162 Å². The minimum Gasteiger partial charge on any atom is -0.383 e. The predicted octanol–water partition coefficient (Wildman–Crippen LogP) is 3.58. The van der Waals surface area contributed by atoms with E-state index in [-0.39, 0.29) is 21.8 Å². The Morgan fingerprint density at radius 2 is 1.61 bits per heavy atom. The van der Waals surface area contributed by atoms with Crippen LogP contribution in [0.2, 0.25) is 0 Å². The maximum Gasteiger partial charge on any atom is 0.284 e. The number of nitrogens with zero attached hydrogens (tertiary/aromatic N) is 3. The Kier molecular flexibility index (Phi) is 4.72. The van der Waals surface area contributed by atoms with Crippen LogP contribution in [-0.2, 0) is 15.4 Å². The summed E-state index contributed by atoms with van der Waals surface area (Å²) in [6.07, 6.45) is 0. The highest BCUT2D eigenvalue weighted by molar-refractivity contribution is 7.90. The maximum absolute atomic E-state index is 12.8. The molecule has 3 rings (SSSR count). The molecule has 0 spiro atoms. The summed E-state index contributed by atoms with van der Waals surface area (Å²) in [6, 6.07) is 13.7. The maximum atomic E-state index is 12.8. The third kappa shape index (κ3) is 3.61. The van der Waals surface area contributed by atoms with Crippen molar-refractivity contribution >= 4 is 21.5 Å². The fraction of sp³-hybridized carbons (Fsp3) is 0.211. The number of nitrogen functional groups attached to an aromatic ring is 1. The van der Waals surface area contributed by atoms with E-state index in [1.54, 1.807) is 0 Å². The number of aromatic nitrogens is 2. The number of nitro groups is 1. The van der Waals surface area contributed by atoms with E-state index in [2.05, 4.69) is 25.9 Å². The predicted molar refractivity (Wildman–Crippen MR) is 106 cm³/mol. The van der Waals surface area contributed by atoms with Gasteiger partial charge in [0.15, 0.2) is 0 Å². The van der Waals surface area contributed by atoms with Gasteiger partial charge in [0.1, 0.15) is 5.82 Å². The molecule has 0 fully saturated rings. The van der Waals surface area contributed by atoms with E-state index in [0.717, 1.165) is 39.5 Å². The molecular weight excluding hydrogens is 380 g/mol. The van der Waals surface area contributed by atoms with Crippen LogP contribution >= 0.6 is 0 Å². The minimum absolute atomic E-state index is 0.00379. The van der Waals surface area contributed by atoms with Gasteiger partial charge in [-0.1, -0.05) is 45.0 Å². The van der Waals surface area contributed by atoms with Crippen molar-refractivity contribution in [3.05, 3.63) is 70.3 Å². The summed E-state index contributed by atoms with van der Waals surface area (Å²) < 4.78 is 26.4. The highest BCUT2D eigenvalue weighted by Gasteiger charge is 2.23. The van der Waals surface area contributed by atoms with E-state index in [9.17, 15) is 18.5 Å². The number of anilines is 1. The number of nitro benzene ring substituents is 1. The topological polar surface area (TPSA) is 121 Å². The molecule has 0 amide bonds. The molecule has 0 aliphatic heterocycles. The second-order valence-corrected chi connectivity index (χ2v) is 9.15. The van der Waals surface area contributed by atoms with Gasteiger partial charge in [0.25, 0.3) is 15.7 Å². The Bertz CT molecular complexity index is 1130. The fourth-order valence-electron chi connectivity index (χ4n) is 2.69. The molecule has 3 aromatic rings. The summed E-state index contributed by atoms with van der Waals surface area (Å²) in [4.78, 5) is 10.0. The van der Waals surface area contributed by atoms with Crippen LogP contribution in [0.5, 0.6) is 0 Å². The average Bonchev–Trinajstić information content (AvgIpc) is 3.04. The first kappa shape index (κ1) is 19.6. The second-order valence-electron chi connectivity index (χ2n) is 7.38. The molecular formula is C19H20N4O4S. The van der Waals surface area contributed by atoms with Crippen molar-refractivity contribution in [2.45, 2.75) is 31.1 Å². The lowest BCUT2D eigenvalue weighted by molar-refractivity contribution is -0.384. The molecule has 146 valence electrons. The Morgan fingerprint density at radius 1 is 1.04 bits per heavy atom. The molecule has 1 aromatic heterocycles. The van der Waals surface area contributed by atoms with Crippen LogP contribution in [-0.4, -0.2) is 22.5 Å². The first-order valence-electron chi connectivity index (χ1n) is 8.46. The van der Waals surface area contributed by atoms with Crippen LogP contribution < -0.4 is 5.73 Å². The van der Waals surface area contributed by atoms with E-state index >= 15 is 0 Å². The smallest absolute Gasteiger partial charge is 0.284 e. The average molecular weight is 400 g/mol. The molecule has 8 nitrogen and oxygen atoms in total. The number of rotatable bonds is 4.